The van der Waals surface area contributed by atoms with E-state index in [2.05, 4.69) is 0 Å². The molecule has 3 rings (SSSR count). The quantitative estimate of drug-likeness (QED) is 0.848. The number of aliphatic hydroxyl groups is 1. The van der Waals surface area contributed by atoms with Crippen LogP contribution in [0.2, 0.25) is 0 Å². The Balaban J connectivity index is 2.07. The maximum absolute atomic E-state index is 13.0. The van der Waals surface area contributed by atoms with Gasteiger partial charge in [0.1, 0.15) is 5.75 Å². The molecule has 0 bridgehead atoms. The van der Waals surface area contributed by atoms with Crippen LogP contribution in [-0.4, -0.2) is 23.0 Å². The number of amides is 2. The summed E-state index contributed by atoms with van der Waals surface area (Å²) >= 11 is 0. The van der Waals surface area contributed by atoms with Gasteiger partial charge in [-0.3, -0.25) is 9.59 Å². The van der Waals surface area contributed by atoms with Gasteiger partial charge < -0.3 is 9.84 Å². The van der Waals surface area contributed by atoms with E-state index in [1.807, 2.05) is 39.8 Å². The van der Waals surface area contributed by atoms with Gasteiger partial charge in [-0.2, -0.15) is 0 Å². The van der Waals surface area contributed by atoms with Gasteiger partial charge in [0.05, 0.1) is 17.4 Å². The lowest BCUT2D eigenvalue weighted by Crippen LogP contribution is -2.32. The van der Waals surface area contributed by atoms with Crippen LogP contribution in [0.3, 0.4) is 0 Å². The third-order valence-electron chi connectivity index (χ3n) is 4.18. The van der Waals surface area contributed by atoms with Crippen molar-refractivity contribution in [1.29, 1.82) is 0 Å². The summed E-state index contributed by atoms with van der Waals surface area (Å²) in [5.74, 6) is -1.43. The number of carbonyl (C=O) groups excluding carboxylic acids is 2. The Hall–Kier alpha value is -3.08. The van der Waals surface area contributed by atoms with Crippen LogP contribution in [0.4, 0.5) is 5.69 Å². The smallest absolute Gasteiger partial charge is 0.301 e. The van der Waals surface area contributed by atoms with E-state index in [1.54, 1.807) is 30.3 Å². The Morgan fingerprint density at radius 3 is 2.35 bits per heavy atom. The van der Waals surface area contributed by atoms with E-state index in [-0.39, 0.29) is 11.7 Å². The zero-order valence-electron chi connectivity index (χ0n) is 15.2. The van der Waals surface area contributed by atoms with Crippen molar-refractivity contribution in [2.24, 2.45) is 0 Å². The lowest BCUT2D eigenvalue weighted by molar-refractivity contribution is -0.121. The minimum atomic E-state index is -0.746. The molecule has 0 fully saturated rings. The molecule has 0 aliphatic carbocycles. The molecule has 1 N–H and O–H groups in total. The van der Waals surface area contributed by atoms with Crippen molar-refractivity contribution in [2.45, 2.75) is 33.8 Å². The van der Waals surface area contributed by atoms with Crippen molar-refractivity contribution >= 4 is 23.1 Å². The fraction of sp³-hybridized carbons (Fsp3) is 0.238. The minimum absolute atomic E-state index is 0.0202. The van der Waals surface area contributed by atoms with E-state index < -0.39 is 17.6 Å². The molecular formula is C21H21NO4. The van der Waals surface area contributed by atoms with Crippen LogP contribution in [0, 0.1) is 13.8 Å². The number of rotatable bonds is 4. The van der Waals surface area contributed by atoms with Crippen LogP contribution in [0.15, 0.2) is 48.2 Å². The molecule has 2 aromatic rings. The average molecular weight is 351 g/mol. The van der Waals surface area contributed by atoms with Crippen molar-refractivity contribution in [3.05, 3.63) is 64.9 Å². The zero-order chi connectivity index (χ0) is 19.0. The summed E-state index contributed by atoms with van der Waals surface area (Å²) in [6.07, 6.45) is -0.121. The van der Waals surface area contributed by atoms with E-state index in [0.29, 0.717) is 17.0 Å². The summed E-state index contributed by atoms with van der Waals surface area (Å²) < 4.78 is 5.72. The van der Waals surface area contributed by atoms with E-state index in [9.17, 15) is 14.7 Å². The minimum Gasteiger partial charge on any atom is -0.502 e. The SMILES string of the molecule is Cc1ccc(C2=C(O)C(=O)N(c3ccccc3OC(C)C)C2=O)c(C)c1. The highest BCUT2D eigenvalue weighted by Gasteiger charge is 2.41. The Labute approximate surface area is 152 Å². The summed E-state index contributed by atoms with van der Waals surface area (Å²) in [6, 6.07) is 12.3. The van der Waals surface area contributed by atoms with Gasteiger partial charge in [0.15, 0.2) is 5.76 Å². The van der Waals surface area contributed by atoms with E-state index in [1.165, 1.54) is 0 Å². The topological polar surface area (TPSA) is 66.8 Å². The fourth-order valence-corrected chi connectivity index (χ4v) is 3.07. The van der Waals surface area contributed by atoms with Crippen LogP contribution in [0.1, 0.15) is 30.5 Å². The van der Waals surface area contributed by atoms with Gasteiger partial charge in [0.25, 0.3) is 5.91 Å². The molecule has 26 heavy (non-hydrogen) atoms. The van der Waals surface area contributed by atoms with Crippen molar-refractivity contribution in [3.63, 3.8) is 0 Å². The lowest BCUT2D eigenvalue weighted by Gasteiger charge is -2.20. The summed E-state index contributed by atoms with van der Waals surface area (Å²) in [6.45, 7) is 7.51. The van der Waals surface area contributed by atoms with Crippen LogP contribution < -0.4 is 9.64 Å². The van der Waals surface area contributed by atoms with Gasteiger partial charge >= 0.3 is 5.91 Å². The van der Waals surface area contributed by atoms with Crippen molar-refractivity contribution in [3.8, 4) is 5.75 Å². The number of anilines is 1. The van der Waals surface area contributed by atoms with Gasteiger partial charge in [-0.15, -0.1) is 0 Å². The highest BCUT2D eigenvalue weighted by atomic mass is 16.5. The molecule has 1 heterocycles. The monoisotopic (exact) mass is 351 g/mol. The number of aliphatic hydroxyl groups excluding tert-OH is 1. The van der Waals surface area contributed by atoms with Crippen molar-refractivity contribution in [2.75, 3.05) is 4.90 Å². The highest BCUT2D eigenvalue weighted by Crippen LogP contribution is 2.37. The third kappa shape index (κ3) is 2.96. The zero-order valence-corrected chi connectivity index (χ0v) is 15.2. The van der Waals surface area contributed by atoms with Crippen LogP contribution in [0.25, 0.3) is 5.57 Å². The summed E-state index contributed by atoms with van der Waals surface area (Å²) in [7, 11) is 0. The first-order valence-corrected chi connectivity index (χ1v) is 8.46. The molecule has 5 nitrogen and oxygen atoms in total. The number of para-hydroxylation sites is 2. The number of imide groups is 1. The molecule has 5 heteroatoms. The summed E-state index contributed by atoms with van der Waals surface area (Å²) in [4.78, 5) is 26.7. The van der Waals surface area contributed by atoms with Gasteiger partial charge in [-0.1, -0.05) is 35.9 Å². The van der Waals surface area contributed by atoms with Gasteiger partial charge in [-0.25, -0.2) is 4.90 Å². The summed E-state index contributed by atoms with van der Waals surface area (Å²) in [5.41, 5.74) is 2.75. The molecule has 0 unspecified atom stereocenters. The molecule has 134 valence electrons. The maximum atomic E-state index is 13.0. The van der Waals surface area contributed by atoms with Crippen molar-refractivity contribution in [1.82, 2.24) is 0 Å². The predicted molar refractivity (Wildman–Crippen MR) is 100 cm³/mol. The van der Waals surface area contributed by atoms with Gasteiger partial charge in [0, 0.05) is 0 Å². The van der Waals surface area contributed by atoms with E-state index in [4.69, 9.17) is 4.74 Å². The number of hydrogen-bond acceptors (Lipinski definition) is 4. The molecule has 1 aliphatic rings. The number of ether oxygens (including phenoxy) is 1. The second-order valence-electron chi connectivity index (χ2n) is 6.62. The fourth-order valence-electron chi connectivity index (χ4n) is 3.07. The molecule has 2 amide bonds. The molecule has 2 aromatic carbocycles. The number of aryl methyl sites for hydroxylation is 2. The Morgan fingerprint density at radius 2 is 1.69 bits per heavy atom. The second-order valence-corrected chi connectivity index (χ2v) is 6.62. The normalized spacial score (nSPS) is 14.6. The number of hydrogen-bond donors (Lipinski definition) is 1. The molecular weight excluding hydrogens is 330 g/mol. The molecule has 0 saturated heterocycles. The standard InChI is InChI=1S/C21H21NO4/c1-12(2)26-17-8-6-5-7-16(17)22-20(24)18(19(23)21(22)25)15-10-9-13(3)11-14(15)4/h5-12,23H,1-4H3. The first kappa shape index (κ1) is 17.7. The van der Waals surface area contributed by atoms with E-state index >= 15 is 0 Å². The largest absolute Gasteiger partial charge is 0.502 e. The third-order valence-corrected chi connectivity index (χ3v) is 4.18. The Kier molecular flexibility index (Phi) is 4.55. The first-order chi connectivity index (χ1) is 12.3. The first-order valence-electron chi connectivity index (χ1n) is 8.46. The molecule has 0 atom stereocenters. The van der Waals surface area contributed by atoms with E-state index in [0.717, 1.165) is 16.0 Å². The average Bonchev–Trinajstić information content (AvgIpc) is 2.78. The lowest BCUT2D eigenvalue weighted by atomic mass is 9.98. The Bertz CT molecular complexity index is 927. The Morgan fingerprint density at radius 1 is 1.00 bits per heavy atom. The molecule has 0 spiro atoms. The predicted octanol–water partition coefficient (Wildman–Crippen LogP) is 3.93. The number of carbonyl (C=O) groups is 2. The maximum Gasteiger partial charge on any atom is 0.301 e. The molecule has 0 saturated carbocycles. The molecule has 1 aliphatic heterocycles. The number of benzene rings is 2. The van der Waals surface area contributed by atoms with Crippen molar-refractivity contribution < 1.29 is 19.4 Å². The number of nitrogens with zero attached hydrogens (tertiary/aromatic N) is 1. The van der Waals surface area contributed by atoms with Gasteiger partial charge in [0.2, 0.25) is 0 Å². The highest BCUT2D eigenvalue weighted by molar-refractivity contribution is 6.45. The second kappa shape index (κ2) is 6.67. The molecule has 0 radical (unpaired) electrons. The van der Waals surface area contributed by atoms with Crippen LogP contribution in [0.5, 0.6) is 5.75 Å². The van der Waals surface area contributed by atoms with Crippen LogP contribution >= 0.6 is 0 Å². The molecule has 0 aromatic heterocycles. The summed E-state index contributed by atoms with van der Waals surface area (Å²) in [5, 5.41) is 10.4. The van der Waals surface area contributed by atoms with Gasteiger partial charge in [-0.05, 0) is 51.0 Å². The van der Waals surface area contributed by atoms with Crippen LogP contribution in [-0.2, 0) is 9.59 Å².